The van der Waals surface area contributed by atoms with Gasteiger partial charge in [-0.2, -0.15) is 0 Å². The van der Waals surface area contributed by atoms with Crippen molar-refractivity contribution in [1.29, 1.82) is 0 Å². The first-order valence-corrected chi connectivity index (χ1v) is 11.0. The van der Waals surface area contributed by atoms with Gasteiger partial charge in [-0.1, -0.05) is 12.8 Å². The molecule has 2 fully saturated rings. The molecule has 0 radical (unpaired) electrons. The first-order chi connectivity index (χ1) is 14.2. The van der Waals surface area contributed by atoms with Crippen molar-refractivity contribution < 1.29 is 14.3 Å². The summed E-state index contributed by atoms with van der Waals surface area (Å²) < 4.78 is 5.41. The van der Waals surface area contributed by atoms with Gasteiger partial charge in [-0.05, 0) is 37.0 Å². The molecule has 0 aliphatic carbocycles. The lowest BCUT2D eigenvalue weighted by molar-refractivity contribution is -0.141. The molecule has 0 bridgehead atoms. The molecular weight excluding hydrogens is 368 g/mol. The normalized spacial score (nSPS) is 18.9. The molecule has 1 aromatic rings. The van der Waals surface area contributed by atoms with Crippen molar-refractivity contribution in [2.75, 3.05) is 52.5 Å². The van der Waals surface area contributed by atoms with E-state index in [9.17, 15) is 9.59 Å². The largest absolute Gasteiger partial charge is 0.379 e. The highest BCUT2D eigenvalue weighted by molar-refractivity contribution is 5.84. The molecule has 0 N–H and O–H groups in total. The van der Waals surface area contributed by atoms with Crippen LogP contribution in [0.25, 0.3) is 0 Å². The molecule has 160 valence electrons. The van der Waals surface area contributed by atoms with Crippen molar-refractivity contribution in [2.45, 2.75) is 45.1 Å². The molecule has 3 heterocycles. The topological polar surface area (TPSA) is 66.0 Å². The lowest BCUT2D eigenvalue weighted by Gasteiger charge is -2.30. The van der Waals surface area contributed by atoms with E-state index in [0.717, 1.165) is 70.5 Å². The van der Waals surface area contributed by atoms with Crippen LogP contribution >= 0.6 is 0 Å². The molecule has 0 saturated carbocycles. The van der Waals surface area contributed by atoms with Crippen LogP contribution in [-0.2, 0) is 20.9 Å². The number of aromatic nitrogens is 1. The van der Waals surface area contributed by atoms with Crippen LogP contribution in [0.5, 0.6) is 0 Å². The zero-order valence-electron chi connectivity index (χ0n) is 17.4. The Bertz CT molecular complexity index is 634. The van der Waals surface area contributed by atoms with Crippen LogP contribution in [-0.4, -0.2) is 84.0 Å². The van der Waals surface area contributed by atoms with E-state index < -0.39 is 0 Å². The Morgan fingerprint density at radius 2 is 1.83 bits per heavy atom. The van der Waals surface area contributed by atoms with Crippen LogP contribution in [0.4, 0.5) is 0 Å². The smallest absolute Gasteiger partial charge is 0.242 e. The first-order valence-electron chi connectivity index (χ1n) is 11.0. The fraction of sp³-hybridized carbons (Fsp3) is 0.682. The lowest BCUT2D eigenvalue weighted by Crippen LogP contribution is -2.44. The Morgan fingerprint density at radius 1 is 1.07 bits per heavy atom. The number of carbonyl (C=O) groups is 2. The number of nitrogens with zero attached hydrogens (tertiary/aromatic N) is 4. The number of hydrogen-bond acceptors (Lipinski definition) is 5. The molecule has 0 aromatic carbocycles. The Hall–Kier alpha value is -1.99. The van der Waals surface area contributed by atoms with Gasteiger partial charge in [-0.25, -0.2) is 0 Å². The van der Waals surface area contributed by atoms with Gasteiger partial charge >= 0.3 is 0 Å². The van der Waals surface area contributed by atoms with Crippen molar-refractivity contribution in [1.82, 2.24) is 19.7 Å². The highest BCUT2D eigenvalue weighted by Gasteiger charge is 2.22. The molecule has 0 spiro atoms. The van der Waals surface area contributed by atoms with Crippen molar-refractivity contribution in [3.05, 3.63) is 30.1 Å². The molecule has 7 heteroatoms. The van der Waals surface area contributed by atoms with Crippen LogP contribution in [0.1, 0.15) is 44.1 Å². The van der Waals surface area contributed by atoms with Gasteiger partial charge in [0.15, 0.2) is 0 Å². The number of likely N-dealkylation sites (tertiary alicyclic amines) is 1. The summed E-state index contributed by atoms with van der Waals surface area (Å²) in [6.07, 6.45) is 9.17. The number of amides is 2. The van der Waals surface area contributed by atoms with Crippen molar-refractivity contribution in [3.63, 3.8) is 0 Å². The summed E-state index contributed by atoms with van der Waals surface area (Å²) in [6.45, 7) is 6.61. The minimum atomic E-state index is 0.0395. The quantitative estimate of drug-likeness (QED) is 0.665. The van der Waals surface area contributed by atoms with Gasteiger partial charge in [0.25, 0.3) is 0 Å². The minimum Gasteiger partial charge on any atom is -0.379 e. The van der Waals surface area contributed by atoms with E-state index in [2.05, 4.69) is 9.88 Å². The molecule has 2 saturated heterocycles. The Kier molecular flexibility index (Phi) is 8.89. The van der Waals surface area contributed by atoms with Crippen molar-refractivity contribution in [3.8, 4) is 0 Å². The second-order valence-corrected chi connectivity index (χ2v) is 7.96. The Labute approximate surface area is 174 Å². The van der Waals surface area contributed by atoms with E-state index in [0.29, 0.717) is 26.1 Å². The predicted molar refractivity (Wildman–Crippen MR) is 111 cm³/mol. The number of pyridine rings is 1. The average Bonchev–Trinajstić information content (AvgIpc) is 2.74. The zero-order valence-corrected chi connectivity index (χ0v) is 17.4. The monoisotopic (exact) mass is 402 g/mol. The van der Waals surface area contributed by atoms with E-state index in [1.54, 1.807) is 17.3 Å². The standard InChI is InChI=1S/C22H34N4O3/c27-21-6-3-1-2-4-12-26(21)19-22(28)25(18-20-7-9-23-10-8-20)13-5-11-24-14-16-29-17-15-24/h7-10H,1-6,11-19H2. The highest BCUT2D eigenvalue weighted by Crippen LogP contribution is 2.13. The molecule has 2 aliphatic rings. The average molecular weight is 403 g/mol. The Balaban J connectivity index is 1.57. The molecule has 1 aromatic heterocycles. The van der Waals surface area contributed by atoms with Crippen molar-refractivity contribution in [2.24, 2.45) is 0 Å². The summed E-state index contributed by atoms with van der Waals surface area (Å²) in [4.78, 5) is 35.7. The number of ether oxygens (including phenoxy) is 1. The second-order valence-electron chi connectivity index (χ2n) is 7.96. The lowest BCUT2D eigenvalue weighted by atomic mass is 10.1. The van der Waals surface area contributed by atoms with E-state index in [1.165, 1.54) is 0 Å². The number of rotatable bonds is 8. The predicted octanol–water partition coefficient (Wildman–Crippen LogP) is 1.93. The van der Waals surface area contributed by atoms with E-state index in [-0.39, 0.29) is 18.4 Å². The maximum Gasteiger partial charge on any atom is 0.242 e. The van der Waals surface area contributed by atoms with Crippen LogP contribution in [0.2, 0.25) is 0 Å². The summed E-state index contributed by atoms with van der Waals surface area (Å²) in [7, 11) is 0. The van der Waals surface area contributed by atoms with Crippen LogP contribution in [0, 0.1) is 0 Å². The van der Waals surface area contributed by atoms with Gasteiger partial charge in [-0.15, -0.1) is 0 Å². The summed E-state index contributed by atoms with van der Waals surface area (Å²) in [5, 5.41) is 0. The van der Waals surface area contributed by atoms with Gasteiger partial charge in [0.05, 0.1) is 19.8 Å². The minimum absolute atomic E-state index is 0.0395. The van der Waals surface area contributed by atoms with Crippen molar-refractivity contribution >= 4 is 11.8 Å². The maximum atomic E-state index is 13.1. The third-order valence-electron chi connectivity index (χ3n) is 5.73. The first kappa shape index (κ1) is 21.7. The molecule has 7 nitrogen and oxygen atoms in total. The third-order valence-corrected chi connectivity index (χ3v) is 5.73. The van der Waals surface area contributed by atoms with Gasteiger partial charge in [0, 0.05) is 58.1 Å². The van der Waals surface area contributed by atoms with E-state index >= 15 is 0 Å². The maximum absolute atomic E-state index is 13.1. The molecular formula is C22H34N4O3. The van der Waals surface area contributed by atoms with Gasteiger partial charge in [-0.3, -0.25) is 19.5 Å². The Morgan fingerprint density at radius 3 is 2.62 bits per heavy atom. The van der Waals surface area contributed by atoms with Gasteiger partial charge in [0.1, 0.15) is 0 Å². The highest BCUT2D eigenvalue weighted by atomic mass is 16.5. The summed E-state index contributed by atoms with van der Waals surface area (Å²) >= 11 is 0. The number of morpholine rings is 1. The number of carbonyl (C=O) groups excluding carboxylic acids is 2. The summed E-state index contributed by atoms with van der Waals surface area (Å²) in [5.41, 5.74) is 1.07. The third kappa shape index (κ3) is 7.40. The zero-order chi connectivity index (χ0) is 20.3. The SMILES string of the molecule is O=C1CCCCCCN1CC(=O)N(CCCN1CCOCC1)Cc1ccncc1. The van der Waals surface area contributed by atoms with E-state index in [1.807, 2.05) is 17.0 Å². The molecule has 3 rings (SSSR count). The van der Waals surface area contributed by atoms with Crippen LogP contribution < -0.4 is 0 Å². The van der Waals surface area contributed by atoms with Gasteiger partial charge in [0.2, 0.25) is 11.8 Å². The molecule has 0 unspecified atom stereocenters. The van der Waals surface area contributed by atoms with Crippen LogP contribution in [0.3, 0.4) is 0 Å². The molecule has 2 aliphatic heterocycles. The molecule has 29 heavy (non-hydrogen) atoms. The molecule has 0 atom stereocenters. The van der Waals surface area contributed by atoms with Gasteiger partial charge < -0.3 is 14.5 Å². The van der Waals surface area contributed by atoms with E-state index in [4.69, 9.17) is 4.74 Å². The second kappa shape index (κ2) is 11.9. The van der Waals surface area contributed by atoms with Crippen LogP contribution in [0.15, 0.2) is 24.5 Å². The number of hydrogen-bond donors (Lipinski definition) is 0. The summed E-state index contributed by atoms with van der Waals surface area (Å²) in [6, 6.07) is 3.90. The molecule has 2 amide bonds. The fourth-order valence-electron chi connectivity index (χ4n) is 3.96. The fourth-order valence-corrected chi connectivity index (χ4v) is 3.96. The summed E-state index contributed by atoms with van der Waals surface area (Å²) in [5.74, 6) is 0.160.